The maximum absolute atomic E-state index is 4.74. The third-order valence-corrected chi connectivity index (χ3v) is 4.41. The molecule has 0 spiro atoms. The first-order valence-electron chi connectivity index (χ1n) is 8.08. The molecule has 1 aliphatic rings. The van der Waals surface area contributed by atoms with Gasteiger partial charge in [0.1, 0.15) is 5.52 Å². The fourth-order valence-corrected chi connectivity index (χ4v) is 2.98. The maximum Gasteiger partial charge on any atom is 0.228 e. The van der Waals surface area contributed by atoms with Crippen molar-refractivity contribution >= 4 is 28.6 Å². The lowest BCUT2D eigenvalue weighted by molar-refractivity contribution is 0.435. The highest BCUT2D eigenvalue weighted by atomic mass is 15.3. The smallest absolute Gasteiger partial charge is 0.228 e. The number of aryl methyl sites for hydroxylation is 1. The minimum atomic E-state index is 0.760. The van der Waals surface area contributed by atoms with Gasteiger partial charge in [0.2, 0.25) is 5.95 Å². The van der Waals surface area contributed by atoms with E-state index in [0.29, 0.717) is 0 Å². The topological polar surface area (TPSA) is 85.5 Å². The van der Waals surface area contributed by atoms with Crippen molar-refractivity contribution in [3.05, 3.63) is 24.0 Å². The Morgan fingerprint density at radius 1 is 1.26 bits per heavy atom. The van der Waals surface area contributed by atoms with Crippen molar-refractivity contribution in [3.8, 4) is 0 Å². The summed E-state index contributed by atoms with van der Waals surface area (Å²) in [7, 11) is 0. The second kappa shape index (κ2) is 5.57. The van der Waals surface area contributed by atoms with E-state index in [9.17, 15) is 0 Å². The van der Waals surface area contributed by atoms with E-state index < -0.39 is 0 Å². The summed E-state index contributed by atoms with van der Waals surface area (Å²) >= 11 is 0. The molecule has 0 unspecified atom stereocenters. The van der Waals surface area contributed by atoms with Crippen molar-refractivity contribution in [1.82, 2.24) is 25.1 Å². The number of anilines is 3. The summed E-state index contributed by atoms with van der Waals surface area (Å²) in [5, 5.41) is 10.5. The zero-order valence-corrected chi connectivity index (χ0v) is 13.4. The summed E-state index contributed by atoms with van der Waals surface area (Å²) < 4.78 is 0. The largest absolute Gasteiger partial charge is 0.357 e. The number of aromatic nitrogens is 5. The molecule has 1 aliphatic heterocycles. The number of hydrogen-bond acceptors (Lipinski definition) is 5. The molecule has 3 N–H and O–H groups in total. The summed E-state index contributed by atoms with van der Waals surface area (Å²) in [6.45, 7) is 6.30. The summed E-state index contributed by atoms with van der Waals surface area (Å²) in [6, 6.07) is 3.94. The van der Waals surface area contributed by atoms with Gasteiger partial charge in [-0.25, -0.2) is 4.98 Å². The van der Waals surface area contributed by atoms with Crippen LogP contribution in [0.3, 0.4) is 0 Å². The van der Waals surface area contributed by atoms with Gasteiger partial charge >= 0.3 is 0 Å². The van der Waals surface area contributed by atoms with Gasteiger partial charge in [-0.2, -0.15) is 10.1 Å². The highest BCUT2D eigenvalue weighted by Crippen LogP contribution is 2.27. The predicted octanol–water partition coefficient (Wildman–Crippen LogP) is 2.97. The number of H-pyrrole nitrogens is 2. The lowest BCUT2D eigenvalue weighted by Gasteiger charge is -2.30. The van der Waals surface area contributed by atoms with Gasteiger partial charge in [-0.15, -0.1) is 0 Å². The molecule has 120 valence electrons. The van der Waals surface area contributed by atoms with Gasteiger partial charge in [0.15, 0.2) is 11.6 Å². The molecule has 3 aromatic rings. The molecule has 0 radical (unpaired) electrons. The van der Waals surface area contributed by atoms with Crippen molar-refractivity contribution in [3.63, 3.8) is 0 Å². The molecule has 0 amide bonds. The summed E-state index contributed by atoms with van der Waals surface area (Å²) in [5.74, 6) is 3.10. The van der Waals surface area contributed by atoms with E-state index in [-0.39, 0.29) is 0 Å². The van der Waals surface area contributed by atoms with Gasteiger partial charge in [-0.3, -0.25) is 5.10 Å². The highest BCUT2D eigenvalue weighted by Gasteiger charge is 2.20. The Hall–Kier alpha value is -2.57. The Balaban J connectivity index is 1.69. The molecule has 1 fully saturated rings. The number of rotatable bonds is 3. The van der Waals surface area contributed by atoms with Crippen molar-refractivity contribution < 1.29 is 0 Å². The molecule has 4 heterocycles. The van der Waals surface area contributed by atoms with E-state index in [1.54, 1.807) is 0 Å². The second-order valence-corrected chi connectivity index (χ2v) is 6.34. The van der Waals surface area contributed by atoms with Crippen LogP contribution >= 0.6 is 0 Å². The van der Waals surface area contributed by atoms with Crippen LogP contribution in [0.25, 0.3) is 11.0 Å². The fourth-order valence-electron chi connectivity index (χ4n) is 2.98. The quantitative estimate of drug-likeness (QED) is 0.692. The van der Waals surface area contributed by atoms with Gasteiger partial charge in [0, 0.05) is 31.0 Å². The molecular weight excluding hydrogens is 290 g/mol. The van der Waals surface area contributed by atoms with Crippen LogP contribution in [0.15, 0.2) is 18.3 Å². The SMILES string of the molecule is Cc1cc(Nc2nc(N3CCC(C)CC3)nc3cc[nH]c23)n[nH]1. The number of nitrogens with zero attached hydrogens (tertiary/aromatic N) is 4. The Kier molecular flexibility index (Phi) is 3.40. The molecule has 23 heavy (non-hydrogen) atoms. The molecule has 4 rings (SSSR count). The van der Waals surface area contributed by atoms with Crippen molar-refractivity contribution in [1.29, 1.82) is 0 Å². The molecule has 1 saturated heterocycles. The standard InChI is InChI=1S/C16H21N7/c1-10-4-7-23(8-5-10)16-18-12-3-6-17-14(12)15(20-16)19-13-9-11(2)21-22-13/h3,6,9-10,17H,4-5,7-8H2,1-2H3,(H2,18,19,20,21,22). The third-order valence-electron chi connectivity index (χ3n) is 4.41. The lowest BCUT2D eigenvalue weighted by Crippen LogP contribution is -2.34. The predicted molar refractivity (Wildman–Crippen MR) is 91.1 cm³/mol. The molecule has 7 heteroatoms. The van der Waals surface area contributed by atoms with Crippen LogP contribution in [0, 0.1) is 12.8 Å². The molecule has 3 aromatic heterocycles. The maximum atomic E-state index is 4.74. The number of fused-ring (bicyclic) bond motifs is 1. The molecule has 7 nitrogen and oxygen atoms in total. The third kappa shape index (κ3) is 2.74. The fraction of sp³-hybridized carbons (Fsp3) is 0.438. The Labute approximate surface area is 134 Å². The van der Waals surface area contributed by atoms with Gasteiger partial charge in [-0.1, -0.05) is 6.92 Å². The van der Waals surface area contributed by atoms with E-state index in [2.05, 4.69) is 32.3 Å². The average Bonchev–Trinajstić information content (AvgIpc) is 3.17. The van der Waals surface area contributed by atoms with Gasteiger partial charge < -0.3 is 15.2 Å². The van der Waals surface area contributed by atoms with Crippen LogP contribution in [-0.4, -0.2) is 38.2 Å². The lowest BCUT2D eigenvalue weighted by atomic mass is 10.00. The van der Waals surface area contributed by atoms with E-state index in [1.165, 1.54) is 12.8 Å². The average molecular weight is 311 g/mol. The zero-order chi connectivity index (χ0) is 15.8. The van der Waals surface area contributed by atoms with E-state index in [4.69, 9.17) is 9.97 Å². The van der Waals surface area contributed by atoms with Gasteiger partial charge in [0.05, 0.1) is 5.52 Å². The van der Waals surface area contributed by atoms with E-state index in [1.807, 2.05) is 25.3 Å². The minimum Gasteiger partial charge on any atom is -0.357 e. The minimum absolute atomic E-state index is 0.760. The van der Waals surface area contributed by atoms with Crippen LogP contribution in [-0.2, 0) is 0 Å². The molecular formula is C16H21N7. The van der Waals surface area contributed by atoms with Crippen LogP contribution in [0.1, 0.15) is 25.5 Å². The molecule has 0 aliphatic carbocycles. The monoisotopic (exact) mass is 311 g/mol. The van der Waals surface area contributed by atoms with Crippen LogP contribution in [0.5, 0.6) is 0 Å². The Morgan fingerprint density at radius 3 is 2.83 bits per heavy atom. The Morgan fingerprint density at radius 2 is 2.09 bits per heavy atom. The molecule has 0 bridgehead atoms. The summed E-state index contributed by atoms with van der Waals surface area (Å²) in [4.78, 5) is 14.9. The molecule has 0 saturated carbocycles. The highest BCUT2D eigenvalue weighted by molar-refractivity contribution is 5.88. The number of piperidine rings is 1. The van der Waals surface area contributed by atoms with Crippen LogP contribution < -0.4 is 10.2 Å². The van der Waals surface area contributed by atoms with Crippen molar-refractivity contribution in [2.24, 2.45) is 5.92 Å². The Bertz CT molecular complexity index is 811. The van der Waals surface area contributed by atoms with Gasteiger partial charge in [0.25, 0.3) is 0 Å². The van der Waals surface area contributed by atoms with Crippen molar-refractivity contribution in [2.75, 3.05) is 23.3 Å². The molecule has 0 aromatic carbocycles. The number of nitrogens with one attached hydrogen (secondary N) is 3. The summed E-state index contributed by atoms with van der Waals surface area (Å²) in [5.41, 5.74) is 2.83. The summed E-state index contributed by atoms with van der Waals surface area (Å²) in [6.07, 6.45) is 4.27. The van der Waals surface area contributed by atoms with E-state index >= 15 is 0 Å². The first-order chi connectivity index (χ1) is 11.2. The van der Waals surface area contributed by atoms with Crippen molar-refractivity contribution in [2.45, 2.75) is 26.7 Å². The number of aromatic amines is 2. The normalized spacial score (nSPS) is 16.2. The molecule has 0 atom stereocenters. The zero-order valence-electron chi connectivity index (χ0n) is 13.4. The first kappa shape index (κ1) is 14.0. The van der Waals surface area contributed by atoms with Crippen LogP contribution in [0.2, 0.25) is 0 Å². The van der Waals surface area contributed by atoms with Crippen LogP contribution in [0.4, 0.5) is 17.6 Å². The first-order valence-corrected chi connectivity index (χ1v) is 8.08. The van der Waals surface area contributed by atoms with E-state index in [0.717, 1.165) is 53.3 Å². The number of hydrogen-bond donors (Lipinski definition) is 3. The van der Waals surface area contributed by atoms with Gasteiger partial charge in [-0.05, 0) is 31.7 Å². The second-order valence-electron chi connectivity index (χ2n) is 6.34.